The van der Waals surface area contributed by atoms with Gasteiger partial charge in [-0.3, -0.25) is 0 Å². The van der Waals surface area contributed by atoms with Crippen LogP contribution in [-0.4, -0.2) is 6.54 Å². The van der Waals surface area contributed by atoms with Crippen LogP contribution in [0.15, 0.2) is 10.5 Å². The van der Waals surface area contributed by atoms with Gasteiger partial charge in [-0.05, 0) is 65.5 Å². The molecule has 0 aromatic heterocycles. The van der Waals surface area contributed by atoms with Gasteiger partial charge < -0.3 is 5.73 Å². The number of nitrogens with two attached hydrogens (primary N) is 1. The van der Waals surface area contributed by atoms with Gasteiger partial charge in [-0.1, -0.05) is 0 Å². The van der Waals surface area contributed by atoms with E-state index in [1.165, 1.54) is 0 Å². The molecule has 0 aliphatic heterocycles. The van der Waals surface area contributed by atoms with Crippen LogP contribution in [0.5, 0.6) is 0 Å². The molecule has 3 heteroatoms. The van der Waals surface area contributed by atoms with Gasteiger partial charge in [-0.25, -0.2) is 4.39 Å². The van der Waals surface area contributed by atoms with Gasteiger partial charge in [0.15, 0.2) is 0 Å². The van der Waals surface area contributed by atoms with Crippen molar-refractivity contribution in [3.63, 3.8) is 0 Å². The molecule has 0 radical (unpaired) electrons. The Morgan fingerprint density at radius 3 is 2.62 bits per heavy atom. The zero-order chi connectivity index (χ0) is 10.0. The molecule has 0 aliphatic carbocycles. The SMILES string of the molecule is Cc1cc(F)c(Br)c(C)c1CCN. The van der Waals surface area contributed by atoms with Crippen LogP contribution in [0.2, 0.25) is 0 Å². The van der Waals surface area contributed by atoms with Crippen LogP contribution in [0.4, 0.5) is 4.39 Å². The van der Waals surface area contributed by atoms with Crippen molar-refractivity contribution in [3.05, 3.63) is 33.0 Å². The highest BCUT2D eigenvalue weighted by Crippen LogP contribution is 2.26. The quantitative estimate of drug-likeness (QED) is 0.853. The largest absolute Gasteiger partial charge is 0.330 e. The van der Waals surface area contributed by atoms with Crippen LogP contribution >= 0.6 is 15.9 Å². The second kappa shape index (κ2) is 4.20. The van der Waals surface area contributed by atoms with E-state index in [-0.39, 0.29) is 5.82 Å². The Labute approximate surface area is 86.3 Å². The number of hydrogen-bond donors (Lipinski definition) is 1. The van der Waals surface area contributed by atoms with Crippen molar-refractivity contribution < 1.29 is 4.39 Å². The van der Waals surface area contributed by atoms with E-state index in [2.05, 4.69) is 15.9 Å². The molecule has 0 amide bonds. The van der Waals surface area contributed by atoms with Gasteiger partial charge in [0.1, 0.15) is 5.82 Å². The average Bonchev–Trinajstić information content (AvgIpc) is 2.09. The maximum absolute atomic E-state index is 13.2. The lowest BCUT2D eigenvalue weighted by Crippen LogP contribution is -2.06. The Morgan fingerprint density at radius 2 is 2.08 bits per heavy atom. The maximum atomic E-state index is 13.2. The first-order valence-corrected chi connectivity index (χ1v) is 5.01. The summed E-state index contributed by atoms with van der Waals surface area (Å²) >= 11 is 3.22. The predicted molar refractivity (Wildman–Crippen MR) is 56.3 cm³/mol. The molecule has 1 aromatic carbocycles. The fourth-order valence-corrected chi connectivity index (χ4v) is 1.83. The van der Waals surface area contributed by atoms with Crippen molar-refractivity contribution in [3.8, 4) is 0 Å². The topological polar surface area (TPSA) is 26.0 Å². The van der Waals surface area contributed by atoms with Crippen LogP contribution in [0, 0.1) is 19.7 Å². The Hall–Kier alpha value is -0.410. The van der Waals surface area contributed by atoms with Crippen LogP contribution in [0.25, 0.3) is 0 Å². The highest BCUT2D eigenvalue weighted by molar-refractivity contribution is 9.10. The van der Waals surface area contributed by atoms with Crippen LogP contribution in [0.3, 0.4) is 0 Å². The molecule has 0 bridgehead atoms. The van der Waals surface area contributed by atoms with Gasteiger partial charge in [0.25, 0.3) is 0 Å². The second-order valence-corrected chi connectivity index (χ2v) is 3.92. The number of aryl methyl sites for hydroxylation is 1. The Balaban J connectivity index is 3.26. The lowest BCUT2D eigenvalue weighted by molar-refractivity contribution is 0.616. The summed E-state index contributed by atoms with van der Waals surface area (Å²) in [4.78, 5) is 0. The van der Waals surface area contributed by atoms with Crippen molar-refractivity contribution in [2.75, 3.05) is 6.54 Å². The van der Waals surface area contributed by atoms with E-state index in [1.807, 2.05) is 13.8 Å². The monoisotopic (exact) mass is 245 g/mol. The zero-order valence-electron chi connectivity index (χ0n) is 7.82. The lowest BCUT2D eigenvalue weighted by atomic mass is 10.00. The lowest BCUT2D eigenvalue weighted by Gasteiger charge is -2.11. The molecule has 72 valence electrons. The van der Waals surface area contributed by atoms with Crippen molar-refractivity contribution in [1.82, 2.24) is 0 Å². The number of hydrogen-bond acceptors (Lipinski definition) is 1. The molecule has 1 nitrogen and oxygen atoms in total. The number of halogens is 2. The molecule has 1 rings (SSSR count). The number of rotatable bonds is 2. The van der Waals surface area contributed by atoms with E-state index < -0.39 is 0 Å². The molecular weight excluding hydrogens is 233 g/mol. The first-order chi connectivity index (χ1) is 6.07. The Kier molecular flexibility index (Phi) is 3.45. The van der Waals surface area contributed by atoms with Crippen LogP contribution < -0.4 is 5.73 Å². The van der Waals surface area contributed by atoms with E-state index in [9.17, 15) is 4.39 Å². The molecule has 1 aromatic rings. The molecule has 0 fully saturated rings. The third kappa shape index (κ3) is 2.09. The van der Waals surface area contributed by atoms with E-state index >= 15 is 0 Å². The number of benzene rings is 1. The molecule has 0 atom stereocenters. The fraction of sp³-hybridized carbons (Fsp3) is 0.400. The molecule has 13 heavy (non-hydrogen) atoms. The van der Waals surface area contributed by atoms with Gasteiger partial charge in [0, 0.05) is 0 Å². The van der Waals surface area contributed by atoms with Gasteiger partial charge >= 0.3 is 0 Å². The van der Waals surface area contributed by atoms with Crippen molar-refractivity contribution in [2.24, 2.45) is 5.73 Å². The molecule has 0 aliphatic rings. The molecule has 2 N–H and O–H groups in total. The van der Waals surface area contributed by atoms with Crippen molar-refractivity contribution in [2.45, 2.75) is 20.3 Å². The smallest absolute Gasteiger partial charge is 0.137 e. The van der Waals surface area contributed by atoms with Gasteiger partial charge in [0.05, 0.1) is 4.47 Å². The summed E-state index contributed by atoms with van der Waals surface area (Å²) in [5, 5.41) is 0. The van der Waals surface area contributed by atoms with E-state index in [0.29, 0.717) is 11.0 Å². The molecule has 0 unspecified atom stereocenters. The van der Waals surface area contributed by atoms with Crippen molar-refractivity contribution in [1.29, 1.82) is 0 Å². The summed E-state index contributed by atoms with van der Waals surface area (Å²) in [7, 11) is 0. The average molecular weight is 246 g/mol. The first-order valence-electron chi connectivity index (χ1n) is 4.22. The van der Waals surface area contributed by atoms with Gasteiger partial charge in [-0.2, -0.15) is 0 Å². The predicted octanol–water partition coefficient (Wildman–Crippen LogP) is 2.71. The Morgan fingerprint density at radius 1 is 1.46 bits per heavy atom. The Bertz CT molecular complexity index is 323. The van der Waals surface area contributed by atoms with Crippen LogP contribution in [0.1, 0.15) is 16.7 Å². The molecule has 0 saturated heterocycles. The van der Waals surface area contributed by atoms with Gasteiger partial charge in [0.2, 0.25) is 0 Å². The molecule has 0 saturated carbocycles. The van der Waals surface area contributed by atoms with Crippen molar-refractivity contribution >= 4 is 15.9 Å². The summed E-state index contributed by atoms with van der Waals surface area (Å²) in [6.45, 7) is 4.42. The highest BCUT2D eigenvalue weighted by Gasteiger charge is 2.09. The van der Waals surface area contributed by atoms with E-state index in [4.69, 9.17) is 5.73 Å². The highest BCUT2D eigenvalue weighted by atomic mass is 79.9. The first kappa shape index (κ1) is 10.7. The maximum Gasteiger partial charge on any atom is 0.137 e. The third-order valence-corrected chi connectivity index (χ3v) is 3.18. The fourth-order valence-electron chi connectivity index (χ4n) is 1.48. The normalized spacial score (nSPS) is 10.5. The van der Waals surface area contributed by atoms with Crippen LogP contribution in [-0.2, 0) is 6.42 Å². The summed E-state index contributed by atoms with van der Waals surface area (Å²) in [5.41, 5.74) is 8.56. The minimum absolute atomic E-state index is 0.198. The van der Waals surface area contributed by atoms with E-state index in [1.54, 1.807) is 6.07 Å². The summed E-state index contributed by atoms with van der Waals surface area (Å²) in [6.07, 6.45) is 0.802. The second-order valence-electron chi connectivity index (χ2n) is 3.13. The summed E-state index contributed by atoms with van der Waals surface area (Å²) < 4.78 is 13.7. The zero-order valence-corrected chi connectivity index (χ0v) is 9.41. The molecular formula is C10H13BrFN. The van der Waals surface area contributed by atoms with E-state index in [0.717, 1.165) is 23.1 Å². The summed E-state index contributed by atoms with van der Waals surface area (Å²) in [6, 6.07) is 1.54. The molecule has 0 spiro atoms. The third-order valence-electron chi connectivity index (χ3n) is 2.21. The summed E-state index contributed by atoms with van der Waals surface area (Å²) in [5.74, 6) is -0.198. The molecule has 0 heterocycles. The van der Waals surface area contributed by atoms with Gasteiger partial charge in [-0.15, -0.1) is 0 Å². The minimum atomic E-state index is -0.198. The standard InChI is InChI=1S/C10H13BrFN/c1-6-5-9(12)10(11)7(2)8(6)3-4-13/h5H,3-4,13H2,1-2H3. The minimum Gasteiger partial charge on any atom is -0.330 e.